The summed E-state index contributed by atoms with van der Waals surface area (Å²) in [6.45, 7) is 1.55. The summed E-state index contributed by atoms with van der Waals surface area (Å²) < 4.78 is 0. The number of benzene rings is 2. The van der Waals surface area contributed by atoms with Crippen molar-refractivity contribution >= 4 is 35.5 Å². The van der Waals surface area contributed by atoms with Crippen molar-refractivity contribution < 1.29 is 19.8 Å². The summed E-state index contributed by atoms with van der Waals surface area (Å²) in [5.41, 5.74) is 13.5. The molecular formula is C22H30N2O4S2. The number of carbonyl (C=O) groups is 2. The Morgan fingerprint density at radius 2 is 1.03 bits per heavy atom. The Morgan fingerprint density at radius 3 is 1.30 bits per heavy atom. The topological polar surface area (TPSA) is 127 Å². The number of thioether (sulfide) groups is 2. The number of aliphatic carboxylic acids is 2. The van der Waals surface area contributed by atoms with Crippen LogP contribution < -0.4 is 11.5 Å². The Balaban J connectivity index is 0.000000428. The van der Waals surface area contributed by atoms with Gasteiger partial charge in [-0.25, -0.2) is 9.59 Å². The highest BCUT2D eigenvalue weighted by atomic mass is 32.2. The van der Waals surface area contributed by atoms with Gasteiger partial charge in [0.25, 0.3) is 0 Å². The Kier molecular flexibility index (Phi) is 18.5. The Bertz CT molecular complexity index is 652. The predicted molar refractivity (Wildman–Crippen MR) is 128 cm³/mol. The fraction of sp³-hybridized carbons (Fsp3) is 0.273. The zero-order valence-electron chi connectivity index (χ0n) is 16.9. The maximum Gasteiger partial charge on any atom is 0.328 e. The number of hydrogen-bond acceptors (Lipinski definition) is 6. The first-order chi connectivity index (χ1) is 14.5. The number of rotatable bonds is 10. The van der Waals surface area contributed by atoms with Gasteiger partial charge in [-0.2, -0.15) is 23.5 Å². The van der Waals surface area contributed by atoms with E-state index in [1.54, 1.807) is 0 Å². The van der Waals surface area contributed by atoms with Gasteiger partial charge >= 0.3 is 11.9 Å². The molecule has 0 saturated carbocycles. The SMILES string of the molecule is NCCSCc1ccccc1.NCCSCc1ccccc1.O=C(O)C=CC(=O)O. The van der Waals surface area contributed by atoms with E-state index in [-0.39, 0.29) is 0 Å². The number of nitrogens with two attached hydrogens (primary N) is 2. The third-order valence-electron chi connectivity index (χ3n) is 3.12. The molecule has 0 aliphatic rings. The molecule has 2 aromatic rings. The van der Waals surface area contributed by atoms with Crippen LogP contribution in [0.25, 0.3) is 0 Å². The van der Waals surface area contributed by atoms with Crippen LogP contribution in [0.5, 0.6) is 0 Å². The van der Waals surface area contributed by atoms with Crippen molar-refractivity contribution in [2.24, 2.45) is 11.5 Å². The molecule has 0 aliphatic carbocycles. The van der Waals surface area contributed by atoms with E-state index in [1.165, 1.54) is 11.1 Å². The van der Waals surface area contributed by atoms with Gasteiger partial charge in [-0.05, 0) is 11.1 Å². The minimum atomic E-state index is -1.26. The molecule has 0 fully saturated rings. The van der Waals surface area contributed by atoms with Crippen LogP contribution in [0.2, 0.25) is 0 Å². The zero-order chi connectivity index (χ0) is 22.5. The van der Waals surface area contributed by atoms with Crippen molar-refractivity contribution in [3.63, 3.8) is 0 Å². The molecule has 0 aromatic heterocycles. The molecule has 2 aromatic carbocycles. The third kappa shape index (κ3) is 19.1. The molecule has 0 saturated heterocycles. The van der Waals surface area contributed by atoms with Gasteiger partial charge in [0.1, 0.15) is 0 Å². The number of carboxylic acid groups (broad SMARTS) is 2. The zero-order valence-corrected chi connectivity index (χ0v) is 18.5. The Morgan fingerprint density at radius 1 is 0.700 bits per heavy atom. The third-order valence-corrected chi connectivity index (χ3v) is 5.24. The van der Waals surface area contributed by atoms with E-state index in [9.17, 15) is 9.59 Å². The Labute approximate surface area is 186 Å². The van der Waals surface area contributed by atoms with Crippen molar-refractivity contribution in [3.8, 4) is 0 Å². The van der Waals surface area contributed by atoms with E-state index >= 15 is 0 Å². The van der Waals surface area contributed by atoms with Gasteiger partial charge in [-0.1, -0.05) is 60.7 Å². The van der Waals surface area contributed by atoms with Crippen LogP contribution in [0.15, 0.2) is 72.8 Å². The summed E-state index contributed by atoms with van der Waals surface area (Å²) in [5, 5.41) is 15.6. The summed E-state index contributed by atoms with van der Waals surface area (Å²) in [5.74, 6) is 1.75. The summed E-state index contributed by atoms with van der Waals surface area (Å²) in [6.07, 6.45) is 1.12. The Hall–Kier alpha value is -2.26. The highest BCUT2D eigenvalue weighted by molar-refractivity contribution is 7.98. The normalized spacial score (nSPS) is 9.80. The van der Waals surface area contributed by atoms with Gasteiger partial charge in [-0.3, -0.25) is 0 Å². The van der Waals surface area contributed by atoms with Gasteiger partial charge in [0, 0.05) is 48.3 Å². The highest BCUT2D eigenvalue weighted by Gasteiger charge is 1.90. The van der Waals surface area contributed by atoms with E-state index in [1.807, 2.05) is 35.7 Å². The molecule has 164 valence electrons. The minimum Gasteiger partial charge on any atom is -0.478 e. The summed E-state index contributed by atoms with van der Waals surface area (Å²) in [4.78, 5) is 19.1. The maximum atomic E-state index is 9.55. The number of carboxylic acids is 2. The second-order valence-corrected chi connectivity index (χ2v) is 7.87. The molecule has 8 heteroatoms. The van der Waals surface area contributed by atoms with Crippen molar-refractivity contribution in [1.29, 1.82) is 0 Å². The van der Waals surface area contributed by atoms with Crippen molar-refractivity contribution in [2.45, 2.75) is 11.5 Å². The quantitative estimate of drug-likeness (QED) is 0.320. The largest absolute Gasteiger partial charge is 0.478 e. The molecule has 30 heavy (non-hydrogen) atoms. The van der Waals surface area contributed by atoms with Crippen LogP contribution in [0, 0.1) is 0 Å². The van der Waals surface area contributed by atoms with Crippen molar-refractivity contribution in [3.05, 3.63) is 83.9 Å². The fourth-order valence-corrected chi connectivity index (χ4v) is 3.32. The van der Waals surface area contributed by atoms with Crippen molar-refractivity contribution in [1.82, 2.24) is 0 Å². The first-order valence-electron chi connectivity index (χ1n) is 9.27. The van der Waals surface area contributed by atoms with E-state index in [0.29, 0.717) is 12.2 Å². The molecule has 6 nitrogen and oxygen atoms in total. The summed E-state index contributed by atoms with van der Waals surface area (Å²) in [6, 6.07) is 20.9. The summed E-state index contributed by atoms with van der Waals surface area (Å²) in [7, 11) is 0. The maximum absolute atomic E-state index is 9.55. The van der Waals surface area contributed by atoms with Crippen LogP contribution in [0.1, 0.15) is 11.1 Å². The fourth-order valence-electron chi connectivity index (χ4n) is 1.84. The molecule has 0 heterocycles. The number of hydrogen-bond donors (Lipinski definition) is 4. The monoisotopic (exact) mass is 450 g/mol. The lowest BCUT2D eigenvalue weighted by molar-refractivity contribution is -0.134. The van der Waals surface area contributed by atoms with Crippen LogP contribution in [0.3, 0.4) is 0 Å². The van der Waals surface area contributed by atoms with Gasteiger partial charge in [-0.15, -0.1) is 0 Å². The van der Waals surface area contributed by atoms with Gasteiger partial charge in [0.2, 0.25) is 0 Å². The molecule has 0 bridgehead atoms. The lowest BCUT2D eigenvalue weighted by atomic mass is 10.2. The highest BCUT2D eigenvalue weighted by Crippen LogP contribution is 2.10. The van der Waals surface area contributed by atoms with Gasteiger partial charge in [0.05, 0.1) is 0 Å². The molecule has 0 unspecified atom stereocenters. The molecule has 0 aliphatic heterocycles. The van der Waals surface area contributed by atoms with Gasteiger partial charge in [0.15, 0.2) is 0 Å². The van der Waals surface area contributed by atoms with Gasteiger partial charge < -0.3 is 21.7 Å². The van der Waals surface area contributed by atoms with E-state index in [2.05, 4.69) is 48.5 Å². The molecule has 0 atom stereocenters. The van der Waals surface area contributed by atoms with Crippen molar-refractivity contribution in [2.75, 3.05) is 24.6 Å². The average molecular weight is 451 g/mol. The molecule has 6 N–H and O–H groups in total. The molecule has 2 rings (SSSR count). The molecule has 0 radical (unpaired) electrons. The average Bonchev–Trinajstić information content (AvgIpc) is 2.75. The van der Waals surface area contributed by atoms with E-state index < -0.39 is 11.9 Å². The van der Waals surface area contributed by atoms with Crippen LogP contribution >= 0.6 is 23.5 Å². The minimum absolute atomic E-state index is 0.558. The van der Waals surface area contributed by atoms with E-state index in [0.717, 1.165) is 36.1 Å². The molecule has 0 spiro atoms. The molecular weight excluding hydrogens is 420 g/mol. The first kappa shape index (κ1) is 27.7. The first-order valence-corrected chi connectivity index (χ1v) is 11.6. The standard InChI is InChI=1S/2C9H13NS.C4H4O4/c2*10-6-7-11-8-9-4-2-1-3-5-9;5-3(6)1-2-4(7)8/h2*1-5H,6-8,10H2;1-2H,(H,5,6)(H,7,8). The van der Waals surface area contributed by atoms with Crippen LogP contribution in [-0.4, -0.2) is 46.7 Å². The second kappa shape index (κ2) is 20.0. The second-order valence-electron chi connectivity index (χ2n) is 5.66. The van der Waals surface area contributed by atoms with E-state index in [4.69, 9.17) is 21.7 Å². The summed E-state index contributed by atoms with van der Waals surface area (Å²) >= 11 is 3.76. The predicted octanol–water partition coefficient (Wildman–Crippen LogP) is 3.47. The van der Waals surface area contributed by atoms with Crippen LogP contribution in [0.4, 0.5) is 0 Å². The molecule has 0 amide bonds. The van der Waals surface area contributed by atoms with Crippen LogP contribution in [-0.2, 0) is 21.1 Å². The lowest BCUT2D eigenvalue weighted by Gasteiger charge is -1.98. The smallest absolute Gasteiger partial charge is 0.328 e. The lowest BCUT2D eigenvalue weighted by Crippen LogP contribution is -2.01.